The fraction of sp³-hybridized carbons (Fsp3) is 0.500. The Balaban J connectivity index is 1.95. The molecule has 0 saturated heterocycles. The van der Waals surface area contributed by atoms with Gasteiger partial charge in [0, 0.05) is 32.0 Å². The number of amides is 1. The fourth-order valence-corrected chi connectivity index (χ4v) is 3.26. The summed E-state index contributed by atoms with van der Waals surface area (Å²) in [6, 6.07) is 8.20. The SMILES string of the molecule is CC(C)N(CCCO)C(=O)CCc1nc2ccccc2s1. The van der Waals surface area contributed by atoms with Gasteiger partial charge in [-0.25, -0.2) is 4.98 Å². The number of carbonyl (C=O) groups excluding carboxylic acids is 1. The van der Waals surface area contributed by atoms with Gasteiger partial charge < -0.3 is 10.0 Å². The molecule has 2 aromatic rings. The number of aryl methyl sites for hydroxylation is 1. The van der Waals surface area contributed by atoms with Crippen molar-refractivity contribution in [3.63, 3.8) is 0 Å². The van der Waals surface area contributed by atoms with E-state index < -0.39 is 0 Å². The highest BCUT2D eigenvalue weighted by molar-refractivity contribution is 7.18. The van der Waals surface area contributed by atoms with E-state index in [0.717, 1.165) is 10.5 Å². The molecule has 114 valence electrons. The highest BCUT2D eigenvalue weighted by Gasteiger charge is 2.16. The van der Waals surface area contributed by atoms with E-state index in [0.29, 0.717) is 25.8 Å². The molecule has 1 heterocycles. The zero-order chi connectivity index (χ0) is 15.2. The van der Waals surface area contributed by atoms with Gasteiger partial charge in [-0.05, 0) is 32.4 Å². The van der Waals surface area contributed by atoms with E-state index in [4.69, 9.17) is 5.11 Å². The third-order valence-corrected chi connectivity index (χ3v) is 4.49. The van der Waals surface area contributed by atoms with E-state index in [1.54, 1.807) is 11.3 Å². The number of thiazole rings is 1. The molecule has 0 aliphatic heterocycles. The van der Waals surface area contributed by atoms with E-state index >= 15 is 0 Å². The van der Waals surface area contributed by atoms with Crippen LogP contribution in [0.5, 0.6) is 0 Å². The lowest BCUT2D eigenvalue weighted by Gasteiger charge is -2.26. The quantitative estimate of drug-likeness (QED) is 0.856. The number of rotatable bonds is 7. The third kappa shape index (κ3) is 4.25. The van der Waals surface area contributed by atoms with Crippen molar-refractivity contribution >= 4 is 27.5 Å². The second kappa shape index (κ2) is 7.52. The van der Waals surface area contributed by atoms with Crippen LogP contribution in [0.1, 0.15) is 31.7 Å². The van der Waals surface area contributed by atoms with Crippen LogP contribution in [0.2, 0.25) is 0 Å². The van der Waals surface area contributed by atoms with Gasteiger partial charge in [0.05, 0.1) is 15.2 Å². The summed E-state index contributed by atoms with van der Waals surface area (Å²) in [5, 5.41) is 9.93. The van der Waals surface area contributed by atoms with E-state index in [-0.39, 0.29) is 18.6 Å². The van der Waals surface area contributed by atoms with Crippen LogP contribution < -0.4 is 0 Å². The van der Waals surface area contributed by atoms with E-state index in [1.807, 2.05) is 36.9 Å². The third-order valence-electron chi connectivity index (χ3n) is 3.39. The van der Waals surface area contributed by atoms with Crippen LogP contribution in [0.25, 0.3) is 10.2 Å². The van der Waals surface area contributed by atoms with Crippen molar-refractivity contribution in [2.75, 3.05) is 13.2 Å². The Morgan fingerprint density at radius 3 is 2.81 bits per heavy atom. The predicted molar refractivity (Wildman–Crippen MR) is 86.5 cm³/mol. The Kier molecular flexibility index (Phi) is 5.70. The molecule has 0 bridgehead atoms. The summed E-state index contributed by atoms with van der Waals surface area (Å²) >= 11 is 1.66. The average Bonchev–Trinajstić information content (AvgIpc) is 2.88. The Morgan fingerprint density at radius 2 is 2.14 bits per heavy atom. The minimum absolute atomic E-state index is 0.119. The lowest BCUT2D eigenvalue weighted by molar-refractivity contribution is -0.133. The van der Waals surface area contributed by atoms with E-state index in [9.17, 15) is 4.79 Å². The number of nitrogens with zero attached hydrogens (tertiary/aromatic N) is 2. The number of aliphatic hydroxyl groups is 1. The maximum absolute atomic E-state index is 12.3. The van der Waals surface area contributed by atoms with Crippen molar-refractivity contribution in [1.82, 2.24) is 9.88 Å². The van der Waals surface area contributed by atoms with Crippen LogP contribution in [0.4, 0.5) is 0 Å². The van der Waals surface area contributed by atoms with Gasteiger partial charge in [0.2, 0.25) is 5.91 Å². The Morgan fingerprint density at radius 1 is 1.38 bits per heavy atom. The monoisotopic (exact) mass is 306 g/mol. The van der Waals surface area contributed by atoms with Gasteiger partial charge in [0.1, 0.15) is 0 Å². The number of aromatic nitrogens is 1. The molecule has 21 heavy (non-hydrogen) atoms. The van der Waals surface area contributed by atoms with Crippen LogP contribution in [-0.2, 0) is 11.2 Å². The summed E-state index contributed by atoms with van der Waals surface area (Å²) < 4.78 is 1.17. The van der Waals surface area contributed by atoms with Gasteiger partial charge in [-0.1, -0.05) is 12.1 Å². The van der Waals surface area contributed by atoms with Crippen molar-refractivity contribution in [2.24, 2.45) is 0 Å². The van der Waals surface area contributed by atoms with Crippen LogP contribution in [0.15, 0.2) is 24.3 Å². The number of benzene rings is 1. The first-order valence-electron chi connectivity index (χ1n) is 7.36. The molecule has 1 aromatic carbocycles. The van der Waals surface area contributed by atoms with Crippen LogP contribution in [0, 0.1) is 0 Å². The van der Waals surface area contributed by atoms with Crippen molar-refractivity contribution < 1.29 is 9.90 Å². The molecule has 1 N–H and O–H groups in total. The Bertz CT molecular complexity index is 562. The van der Waals surface area contributed by atoms with E-state index in [2.05, 4.69) is 11.1 Å². The second-order valence-electron chi connectivity index (χ2n) is 5.33. The van der Waals surface area contributed by atoms with Gasteiger partial charge >= 0.3 is 0 Å². The lowest BCUT2D eigenvalue weighted by Crippen LogP contribution is -2.38. The number of carbonyl (C=O) groups is 1. The summed E-state index contributed by atoms with van der Waals surface area (Å²) in [5.41, 5.74) is 1.01. The summed E-state index contributed by atoms with van der Waals surface area (Å²) in [7, 11) is 0. The lowest BCUT2D eigenvalue weighted by atomic mass is 10.2. The smallest absolute Gasteiger partial charge is 0.223 e. The zero-order valence-electron chi connectivity index (χ0n) is 12.6. The number of aliphatic hydroxyl groups excluding tert-OH is 1. The van der Waals surface area contributed by atoms with Crippen molar-refractivity contribution in [3.05, 3.63) is 29.3 Å². The van der Waals surface area contributed by atoms with Crippen molar-refractivity contribution in [1.29, 1.82) is 0 Å². The summed E-state index contributed by atoms with van der Waals surface area (Å²) in [5.74, 6) is 0.137. The molecule has 4 nitrogen and oxygen atoms in total. The molecule has 2 rings (SSSR count). The number of fused-ring (bicyclic) bond motifs is 1. The summed E-state index contributed by atoms with van der Waals surface area (Å²) in [6.07, 6.45) is 1.79. The van der Waals surface area contributed by atoms with Crippen molar-refractivity contribution in [2.45, 2.75) is 39.2 Å². The molecule has 0 spiro atoms. The Labute approximate surface area is 129 Å². The number of para-hydroxylation sites is 1. The molecule has 1 aromatic heterocycles. The van der Waals surface area contributed by atoms with Crippen LogP contribution >= 0.6 is 11.3 Å². The van der Waals surface area contributed by atoms with Gasteiger partial charge in [0.15, 0.2) is 0 Å². The molecule has 5 heteroatoms. The van der Waals surface area contributed by atoms with Crippen molar-refractivity contribution in [3.8, 4) is 0 Å². The number of hydrogen-bond acceptors (Lipinski definition) is 4. The minimum Gasteiger partial charge on any atom is -0.396 e. The van der Waals surface area contributed by atoms with Gasteiger partial charge in [0.25, 0.3) is 0 Å². The second-order valence-corrected chi connectivity index (χ2v) is 6.45. The first-order valence-corrected chi connectivity index (χ1v) is 8.18. The van der Waals surface area contributed by atoms with E-state index in [1.165, 1.54) is 4.70 Å². The first kappa shape index (κ1) is 15.9. The molecule has 0 fully saturated rings. The maximum atomic E-state index is 12.3. The average molecular weight is 306 g/mol. The number of hydrogen-bond donors (Lipinski definition) is 1. The molecule has 0 saturated carbocycles. The summed E-state index contributed by atoms with van der Waals surface area (Å²) in [4.78, 5) is 18.7. The zero-order valence-corrected chi connectivity index (χ0v) is 13.4. The molecular formula is C16H22N2O2S. The standard InChI is InChI=1S/C16H22N2O2S/c1-12(2)18(10-5-11-19)16(20)9-8-15-17-13-6-3-4-7-14(13)21-15/h3-4,6-7,12,19H,5,8-11H2,1-2H3. The molecule has 0 atom stereocenters. The van der Waals surface area contributed by atoms with Gasteiger partial charge in [-0.3, -0.25) is 4.79 Å². The molecular weight excluding hydrogens is 284 g/mol. The molecule has 0 aliphatic rings. The van der Waals surface area contributed by atoms with Gasteiger partial charge in [-0.15, -0.1) is 11.3 Å². The topological polar surface area (TPSA) is 53.4 Å². The molecule has 0 aliphatic carbocycles. The molecule has 1 amide bonds. The Hall–Kier alpha value is -1.46. The minimum atomic E-state index is 0.119. The highest BCUT2D eigenvalue weighted by Crippen LogP contribution is 2.22. The molecule has 0 radical (unpaired) electrons. The fourth-order valence-electron chi connectivity index (χ4n) is 2.30. The predicted octanol–water partition coefficient (Wildman–Crippen LogP) is 2.85. The van der Waals surface area contributed by atoms with Crippen LogP contribution in [-0.4, -0.2) is 40.1 Å². The van der Waals surface area contributed by atoms with Gasteiger partial charge in [-0.2, -0.15) is 0 Å². The summed E-state index contributed by atoms with van der Waals surface area (Å²) in [6.45, 7) is 4.75. The largest absolute Gasteiger partial charge is 0.396 e. The normalized spacial score (nSPS) is 11.2. The maximum Gasteiger partial charge on any atom is 0.223 e. The molecule has 0 unspecified atom stereocenters. The van der Waals surface area contributed by atoms with Crippen LogP contribution in [0.3, 0.4) is 0 Å². The first-order chi connectivity index (χ1) is 10.1. The highest BCUT2D eigenvalue weighted by atomic mass is 32.1.